The first-order chi connectivity index (χ1) is 13.4. The quantitative estimate of drug-likeness (QED) is 0.318. The van der Waals surface area contributed by atoms with Crippen molar-refractivity contribution in [3.05, 3.63) is 17.0 Å². The van der Waals surface area contributed by atoms with E-state index >= 15 is 0 Å². The van der Waals surface area contributed by atoms with Gasteiger partial charge in [0.25, 0.3) is 10.0 Å². The minimum absolute atomic E-state index is 0. The molecular formula is C19H33IN4O3S2. The fourth-order valence-corrected chi connectivity index (χ4v) is 7.01. The van der Waals surface area contributed by atoms with Crippen molar-refractivity contribution in [2.24, 2.45) is 10.4 Å². The van der Waals surface area contributed by atoms with Crippen molar-refractivity contribution < 1.29 is 13.2 Å². The van der Waals surface area contributed by atoms with Crippen LogP contribution in [0.15, 0.2) is 21.3 Å². The van der Waals surface area contributed by atoms with Crippen molar-refractivity contribution in [2.45, 2.75) is 37.3 Å². The largest absolute Gasteiger partial charge is 0.381 e. The molecule has 0 aliphatic carbocycles. The molecule has 0 saturated carbocycles. The van der Waals surface area contributed by atoms with Gasteiger partial charge in [0, 0.05) is 56.7 Å². The van der Waals surface area contributed by atoms with Gasteiger partial charge in [0.15, 0.2) is 5.96 Å². The summed E-state index contributed by atoms with van der Waals surface area (Å²) in [6, 6.07) is 3.65. The third-order valence-electron chi connectivity index (χ3n) is 5.73. The van der Waals surface area contributed by atoms with Gasteiger partial charge in [-0.1, -0.05) is 13.8 Å². The number of guanidine groups is 1. The minimum atomic E-state index is -3.36. The second-order valence-corrected chi connectivity index (χ2v) is 10.8. The van der Waals surface area contributed by atoms with Crippen LogP contribution >= 0.6 is 35.3 Å². The summed E-state index contributed by atoms with van der Waals surface area (Å²) in [6.45, 7) is 9.19. The molecule has 1 N–H and O–H groups in total. The molecule has 0 aromatic carbocycles. The fraction of sp³-hybridized carbons (Fsp3) is 0.737. The summed E-state index contributed by atoms with van der Waals surface area (Å²) in [5.74, 6) is 0.927. The van der Waals surface area contributed by atoms with E-state index in [4.69, 9.17) is 4.74 Å². The topological polar surface area (TPSA) is 74.2 Å². The van der Waals surface area contributed by atoms with E-state index in [-0.39, 0.29) is 24.0 Å². The molecule has 166 valence electrons. The van der Waals surface area contributed by atoms with Crippen molar-refractivity contribution in [2.75, 3.05) is 53.0 Å². The number of hydrogen-bond acceptors (Lipinski definition) is 5. The van der Waals surface area contributed by atoms with Crippen LogP contribution in [-0.4, -0.2) is 76.6 Å². The normalized spacial score (nSPS) is 22.5. The van der Waals surface area contributed by atoms with Crippen molar-refractivity contribution in [3.8, 4) is 0 Å². The molecule has 0 amide bonds. The van der Waals surface area contributed by atoms with E-state index in [0.29, 0.717) is 22.7 Å². The Bertz CT molecular complexity index is 787. The number of nitrogens with one attached hydrogen (secondary N) is 1. The van der Waals surface area contributed by atoms with Gasteiger partial charge in [0.1, 0.15) is 4.21 Å². The highest BCUT2D eigenvalue weighted by Crippen LogP contribution is 2.38. The molecule has 7 nitrogen and oxygen atoms in total. The second kappa shape index (κ2) is 10.7. The van der Waals surface area contributed by atoms with Crippen LogP contribution in [0.2, 0.25) is 0 Å². The lowest BCUT2D eigenvalue weighted by Crippen LogP contribution is -2.42. The molecule has 1 aromatic rings. The fourth-order valence-electron chi connectivity index (χ4n) is 4.04. The van der Waals surface area contributed by atoms with Crippen LogP contribution in [0.3, 0.4) is 0 Å². The average Bonchev–Trinajstić information content (AvgIpc) is 3.42. The molecule has 1 unspecified atom stereocenters. The highest BCUT2D eigenvalue weighted by Gasteiger charge is 2.42. The van der Waals surface area contributed by atoms with Crippen LogP contribution in [0.4, 0.5) is 0 Å². The molecule has 3 heterocycles. The average molecular weight is 557 g/mol. The maximum atomic E-state index is 12.6. The molecule has 3 rings (SSSR count). The van der Waals surface area contributed by atoms with Gasteiger partial charge < -0.3 is 15.0 Å². The number of likely N-dealkylation sites (tertiary alicyclic amines) is 1. The molecule has 0 bridgehead atoms. The number of rotatable bonds is 7. The van der Waals surface area contributed by atoms with Gasteiger partial charge in [0.2, 0.25) is 0 Å². The van der Waals surface area contributed by atoms with E-state index in [9.17, 15) is 8.42 Å². The first-order valence-corrected chi connectivity index (χ1v) is 12.3. The molecule has 2 fully saturated rings. The Morgan fingerprint density at radius 3 is 2.72 bits per heavy atom. The summed E-state index contributed by atoms with van der Waals surface area (Å²) < 4.78 is 32.8. The number of ether oxygens (including phenoxy) is 1. The lowest BCUT2D eigenvalue weighted by molar-refractivity contribution is 0.156. The maximum Gasteiger partial charge on any atom is 0.252 e. The molecule has 29 heavy (non-hydrogen) atoms. The molecule has 2 saturated heterocycles. The standard InChI is InChI=1S/C19H32N4O3S2.HI/c1-4-23(5-2)28(24,25)17-7-6-16(27-17)8-11-21-18(20-3)22-12-9-19(14-22)10-13-26-15-19;/h6-7H,4-5,8-15H2,1-3H3,(H,20,21);1H. The predicted octanol–water partition coefficient (Wildman–Crippen LogP) is 2.63. The number of hydrogen-bond donors (Lipinski definition) is 1. The molecule has 0 radical (unpaired) electrons. The number of aliphatic imine (C=N–C) groups is 1. The summed E-state index contributed by atoms with van der Waals surface area (Å²) in [6.07, 6.45) is 3.07. The third kappa shape index (κ3) is 5.63. The Morgan fingerprint density at radius 1 is 1.34 bits per heavy atom. The number of halogens is 1. The van der Waals surface area contributed by atoms with Crippen LogP contribution in [0.5, 0.6) is 0 Å². The van der Waals surface area contributed by atoms with Crippen molar-refractivity contribution in [1.29, 1.82) is 0 Å². The van der Waals surface area contributed by atoms with Crippen molar-refractivity contribution in [3.63, 3.8) is 0 Å². The van der Waals surface area contributed by atoms with Gasteiger partial charge in [-0.05, 0) is 31.4 Å². The van der Waals surface area contributed by atoms with E-state index in [1.165, 1.54) is 15.6 Å². The Hall–Kier alpha value is -0.430. The molecule has 1 atom stereocenters. The number of nitrogens with zero attached hydrogens (tertiary/aromatic N) is 3. The molecule has 1 aromatic heterocycles. The third-order valence-corrected chi connectivity index (χ3v) is 9.39. The first-order valence-electron chi connectivity index (χ1n) is 10.1. The van der Waals surface area contributed by atoms with Gasteiger partial charge in [-0.25, -0.2) is 8.42 Å². The Kier molecular flexibility index (Phi) is 9.20. The van der Waals surface area contributed by atoms with E-state index < -0.39 is 10.0 Å². The highest BCUT2D eigenvalue weighted by atomic mass is 127. The lowest BCUT2D eigenvalue weighted by atomic mass is 9.87. The van der Waals surface area contributed by atoms with Crippen LogP contribution in [-0.2, 0) is 21.2 Å². The first kappa shape index (κ1) is 24.8. The van der Waals surface area contributed by atoms with Crippen molar-refractivity contribution in [1.82, 2.24) is 14.5 Å². The molecule has 2 aliphatic heterocycles. The van der Waals surface area contributed by atoms with E-state index in [1.54, 1.807) is 6.07 Å². The van der Waals surface area contributed by atoms with Crippen LogP contribution in [0.1, 0.15) is 31.6 Å². The van der Waals surface area contributed by atoms with Crippen LogP contribution in [0, 0.1) is 5.41 Å². The monoisotopic (exact) mass is 556 g/mol. The predicted molar refractivity (Wildman–Crippen MR) is 129 cm³/mol. The Morgan fingerprint density at radius 2 is 2.10 bits per heavy atom. The lowest BCUT2D eigenvalue weighted by Gasteiger charge is -2.24. The number of thiophene rings is 1. The van der Waals surface area contributed by atoms with Crippen molar-refractivity contribution >= 4 is 51.3 Å². The zero-order valence-electron chi connectivity index (χ0n) is 17.5. The number of sulfonamides is 1. The summed E-state index contributed by atoms with van der Waals surface area (Å²) in [5.41, 5.74) is 0.305. The van der Waals surface area contributed by atoms with Gasteiger partial charge in [-0.3, -0.25) is 4.99 Å². The molecular weight excluding hydrogens is 523 g/mol. The van der Waals surface area contributed by atoms with Gasteiger partial charge >= 0.3 is 0 Å². The zero-order valence-corrected chi connectivity index (χ0v) is 21.5. The summed E-state index contributed by atoms with van der Waals surface area (Å²) in [4.78, 5) is 7.82. The molecule has 10 heteroatoms. The Balaban J connectivity index is 0.00000300. The minimum Gasteiger partial charge on any atom is -0.381 e. The van der Waals surface area contributed by atoms with Crippen LogP contribution in [0.25, 0.3) is 0 Å². The van der Waals surface area contributed by atoms with Gasteiger partial charge in [-0.2, -0.15) is 4.31 Å². The van der Waals surface area contributed by atoms with E-state index in [2.05, 4.69) is 15.2 Å². The molecule has 2 aliphatic rings. The van der Waals surface area contributed by atoms with E-state index in [0.717, 1.165) is 62.9 Å². The van der Waals surface area contributed by atoms with E-state index in [1.807, 2.05) is 27.0 Å². The maximum absolute atomic E-state index is 12.6. The van der Waals surface area contributed by atoms with Crippen LogP contribution < -0.4 is 5.32 Å². The van der Waals surface area contributed by atoms with Gasteiger partial charge in [0.05, 0.1) is 6.61 Å². The SMILES string of the molecule is CCN(CC)S(=O)(=O)c1ccc(CCNC(=NC)N2CCC3(CCOC3)C2)s1.I. The molecule has 1 spiro atoms. The smallest absolute Gasteiger partial charge is 0.252 e. The van der Waals surface area contributed by atoms with Gasteiger partial charge in [-0.15, -0.1) is 35.3 Å². The summed E-state index contributed by atoms with van der Waals surface area (Å²) >= 11 is 1.37. The summed E-state index contributed by atoms with van der Waals surface area (Å²) in [7, 11) is -1.55. The second-order valence-electron chi connectivity index (χ2n) is 7.51. The zero-order chi connectivity index (χ0) is 20.2. The Labute approximate surface area is 196 Å². The highest BCUT2D eigenvalue weighted by molar-refractivity contribution is 14.0. The summed E-state index contributed by atoms with van der Waals surface area (Å²) in [5, 5.41) is 3.44.